The number of aromatic nitrogens is 2. The van der Waals surface area contributed by atoms with Crippen LogP contribution in [-0.4, -0.2) is 53.1 Å². The molecule has 29 heavy (non-hydrogen) atoms. The Hall–Kier alpha value is -2.90. The van der Waals surface area contributed by atoms with E-state index in [9.17, 15) is 9.18 Å². The summed E-state index contributed by atoms with van der Waals surface area (Å²) >= 11 is 0. The number of carbonyl (C=O) groups is 1. The summed E-state index contributed by atoms with van der Waals surface area (Å²) in [7, 11) is 0. The third-order valence-corrected chi connectivity index (χ3v) is 5.44. The van der Waals surface area contributed by atoms with Crippen LogP contribution in [0, 0.1) is 5.82 Å². The molecule has 7 nitrogen and oxygen atoms in total. The average molecular weight is 399 g/mol. The van der Waals surface area contributed by atoms with Gasteiger partial charge in [-0.1, -0.05) is 19.3 Å². The molecule has 1 saturated carbocycles. The van der Waals surface area contributed by atoms with Crippen LogP contribution < -0.4 is 15.0 Å². The summed E-state index contributed by atoms with van der Waals surface area (Å²) in [5.74, 6) is 1.17. The van der Waals surface area contributed by atoms with Gasteiger partial charge in [-0.2, -0.15) is 4.98 Å². The Balaban J connectivity index is 1.31. The molecule has 1 aliphatic heterocycles. The zero-order chi connectivity index (χ0) is 20.1. The van der Waals surface area contributed by atoms with Gasteiger partial charge in [0.05, 0.1) is 0 Å². The second-order valence-electron chi connectivity index (χ2n) is 7.51. The van der Waals surface area contributed by atoms with Gasteiger partial charge in [-0.15, -0.1) is 0 Å². The summed E-state index contributed by atoms with van der Waals surface area (Å²) in [4.78, 5) is 25.2. The van der Waals surface area contributed by atoms with Crippen LogP contribution in [0.2, 0.25) is 0 Å². The third kappa shape index (κ3) is 5.13. The average Bonchev–Trinajstić information content (AvgIpc) is 2.76. The van der Waals surface area contributed by atoms with Crippen LogP contribution in [0.25, 0.3) is 0 Å². The maximum absolute atomic E-state index is 13.0. The van der Waals surface area contributed by atoms with E-state index in [1.165, 1.54) is 31.4 Å². The third-order valence-electron chi connectivity index (χ3n) is 5.44. The minimum Gasteiger partial charge on any atom is -0.439 e. The summed E-state index contributed by atoms with van der Waals surface area (Å²) in [5.41, 5.74) is 0. The molecular weight excluding hydrogens is 373 g/mol. The van der Waals surface area contributed by atoms with Crippen molar-refractivity contribution in [3.8, 4) is 11.6 Å². The maximum Gasteiger partial charge on any atom is 0.317 e. The Kier molecular flexibility index (Phi) is 6.07. The highest BCUT2D eigenvalue weighted by Crippen LogP contribution is 2.22. The number of urea groups is 1. The minimum absolute atomic E-state index is 0.0332. The van der Waals surface area contributed by atoms with Crippen molar-refractivity contribution in [1.82, 2.24) is 20.2 Å². The van der Waals surface area contributed by atoms with E-state index in [1.807, 2.05) is 9.80 Å². The number of carbonyl (C=O) groups excluding carboxylic acids is 1. The topological polar surface area (TPSA) is 70.6 Å². The smallest absolute Gasteiger partial charge is 0.317 e. The lowest BCUT2D eigenvalue weighted by molar-refractivity contribution is 0.186. The van der Waals surface area contributed by atoms with E-state index in [0.717, 1.165) is 12.8 Å². The van der Waals surface area contributed by atoms with Gasteiger partial charge in [0, 0.05) is 44.5 Å². The van der Waals surface area contributed by atoms with Crippen molar-refractivity contribution in [2.75, 3.05) is 31.1 Å². The van der Waals surface area contributed by atoms with Crippen molar-refractivity contribution >= 4 is 12.0 Å². The first-order valence-corrected chi connectivity index (χ1v) is 10.2. The molecule has 1 aromatic carbocycles. The van der Waals surface area contributed by atoms with Gasteiger partial charge in [0.1, 0.15) is 11.6 Å². The van der Waals surface area contributed by atoms with Crippen LogP contribution in [0.4, 0.5) is 15.1 Å². The number of rotatable bonds is 4. The fourth-order valence-electron chi connectivity index (χ4n) is 3.79. The van der Waals surface area contributed by atoms with Crippen molar-refractivity contribution in [3.05, 3.63) is 42.3 Å². The quantitative estimate of drug-likeness (QED) is 0.851. The van der Waals surface area contributed by atoms with E-state index in [4.69, 9.17) is 4.74 Å². The Morgan fingerprint density at radius 1 is 1.03 bits per heavy atom. The first-order chi connectivity index (χ1) is 14.2. The molecule has 2 fully saturated rings. The van der Waals surface area contributed by atoms with Gasteiger partial charge in [-0.05, 0) is 37.1 Å². The number of amides is 2. The second-order valence-corrected chi connectivity index (χ2v) is 7.51. The van der Waals surface area contributed by atoms with Crippen LogP contribution in [-0.2, 0) is 0 Å². The predicted molar refractivity (Wildman–Crippen MR) is 108 cm³/mol. The molecule has 4 rings (SSSR count). The highest BCUT2D eigenvalue weighted by atomic mass is 19.1. The number of nitrogens with one attached hydrogen (secondary N) is 1. The Bertz CT molecular complexity index is 818. The highest BCUT2D eigenvalue weighted by molar-refractivity contribution is 5.74. The van der Waals surface area contributed by atoms with E-state index in [0.29, 0.717) is 49.8 Å². The number of ether oxygens (including phenoxy) is 1. The lowest BCUT2D eigenvalue weighted by Crippen LogP contribution is -2.54. The first kappa shape index (κ1) is 19.4. The summed E-state index contributed by atoms with van der Waals surface area (Å²) in [6.07, 6.45) is 7.48. The molecule has 0 bridgehead atoms. The number of anilines is 1. The van der Waals surface area contributed by atoms with E-state index in [1.54, 1.807) is 24.4 Å². The Labute approximate surface area is 169 Å². The zero-order valence-corrected chi connectivity index (χ0v) is 16.4. The van der Waals surface area contributed by atoms with E-state index >= 15 is 0 Å². The molecule has 154 valence electrons. The molecule has 1 aliphatic carbocycles. The molecule has 1 saturated heterocycles. The van der Waals surface area contributed by atoms with Crippen molar-refractivity contribution < 1.29 is 13.9 Å². The van der Waals surface area contributed by atoms with Crippen LogP contribution in [0.3, 0.4) is 0 Å². The summed E-state index contributed by atoms with van der Waals surface area (Å²) in [5, 5.41) is 3.17. The second kappa shape index (κ2) is 9.07. The summed E-state index contributed by atoms with van der Waals surface area (Å²) in [6.45, 7) is 2.59. The molecule has 0 atom stereocenters. The van der Waals surface area contributed by atoms with Crippen LogP contribution in [0.5, 0.6) is 11.6 Å². The predicted octanol–water partition coefficient (Wildman–Crippen LogP) is 3.57. The van der Waals surface area contributed by atoms with Gasteiger partial charge >= 0.3 is 6.03 Å². The first-order valence-electron chi connectivity index (χ1n) is 10.2. The van der Waals surface area contributed by atoms with E-state index < -0.39 is 0 Å². The molecule has 0 radical (unpaired) electrons. The van der Waals surface area contributed by atoms with E-state index in [-0.39, 0.29) is 11.8 Å². The highest BCUT2D eigenvalue weighted by Gasteiger charge is 2.25. The van der Waals surface area contributed by atoms with Gasteiger partial charge in [0.25, 0.3) is 0 Å². The van der Waals surface area contributed by atoms with Crippen molar-refractivity contribution in [3.63, 3.8) is 0 Å². The zero-order valence-electron chi connectivity index (χ0n) is 16.4. The Morgan fingerprint density at radius 2 is 1.76 bits per heavy atom. The summed E-state index contributed by atoms with van der Waals surface area (Å²) in [6, 6.07) is 7.82. The van der Waals surface area contributed by atoms with Gasteiger partial charge in [-0.3, -0.25) is 0 Å². The molecule has 2 amide bonds. The fraction of sp³-hybridized carbons (Fsp3) is 0.476. The monoisotopic (exact) mass is 399 g/mol. The molecule has 1 aromatic heterocycles. The maximum atomic E-state index is 13.0. The molecule has 1 N–H and O–H groups in total. The Morgan fingerprint density at radius 3 is 2.48 bits per heavy atom. The molecule has 0 unspecified atom stereocenters. The summed E-state index contributed by atoms with van der Waals surface area (Å²) < 4.78 is 18.7. The van der Waals surface area contributed by atoms with Crippen molar-refractivity contribution in [1.29, 1.82) is 0 Å². The number of benzene rings is 1. The lowest BCUT2D eigenvalue weighted by Gasteiger charge is -2.36. The molecule has 2 aliphatic rings. The number of piperazine rings is 1. The van der Waals surface area contributed by atoms with Crippen molar-refractivity contribution in [2.45, 2.75) is 38.1 Å². The largest absolute Gasteiger partial charge is 0.439 e. The normalized spacial score (nSPS) is 17.8. The number of hydrogen-bond donors (Lipinski definition) is 1. The van der Waals surface area contributed by atoms with Crippen LogP contribution >= 0.6 is 0 Å². The van der Waals surface area contributed by atoms with Gasteiger partial charge in [-0.25, -0.2) is 14.2 Å². The lowest BCUT2D eigenvalue weighted by atomic mass is 9.96. The van der Waals surface area contributed by atoms with Gasteiger partial charge in [0.15, 0.2) is 0 Å². The van der Waals surface area contributed by atoms with E-state index in [2.05, 4.69) is 15.3 Å². The molecule has 2 aromatic rings. The molecule has 0 spiro atoms. The minimum atomic E-state index is -0.314. The number of halogens is 1. The fourth-order valence-corrected chi connectivity index (χ4v) is 3.79. The molecule has 2 heterocycles. The SMILES string of the molecule is O=C(NC1CCCCC1)N1CCN(c2nccc(Oc3ccc(F)cc3)n2)CC1. The van der Waals surface area contributed by atoms with Crippen LogP contribution in [0.1, 0.15) is 32.1 Å². The molecular formula is C21H26FN5O2. The van der Waals surface area contributed by atoms with Crippen molar-refractivity contribution in [2.24, 2.45) is 0 Å². The number of nitrogens with zero attached hydrogens (tertiary/aromatic N) is 4. The molecule has 8 heteroatoms. The van der Waals surface area contributed by atoms with Crippen LogP contribution in [0.15, 0.2) is 36.5 Å². The van der Waals surface area contributed by atoms with Gasteiger partial charge in [0.2, 0.25) is 11.8 Å². The van der Waals surface area contributed by atoms with Gasteiger partial charge < -0.3 is 19.9 Å². The standard InChI is InChI=1S/C21H26FN5O2/c22-16-6-8-18(9-7-16)29-19-10-11-23-20(25-19)26-12-14-27(15-13-26)21(28)24-17-4-2-1-3-5-17/h6-11,17H,1-5,12-15H2,(H,24,28). The number of hydrogen-bond acceptors (Lipinski definition) is 5.